The van der Waals surface area contributed by atoms with E-state index in [1.807, 2.05) is 0 Å². The van der Waals surface area contributed by atoms with Crippen LogP contribution in [0.1, 0.15) is 19.3 Å². The summed E-state index contributed by atoms with van der Waals surface area (Å²) in [4.78, 5) is 1.76. The molecule has 1 aliphatic carbocycles. The molecule has 1 fully saturated rings. The lowest BCUT2D eigenvalue weighted by Crippen LogP contribution is -2.39. The maximum Gasteiger partial charge on any atom is 0.251 e. The van der Waals surface area contributed by atoms with E-state index in [1.165, 1.54) is 6.42 Å². The first-order chi connectivity index (χ1) is 4.70. The van der Waals surface area contributed by atoms with Crippen LogP contribution in [-0.4, -0.2) is 31.0 Å². The van der Waals surface area contributed by atoms with E-state index in [4.69, 9.17) is 0 Å². The van der Waals surface area contributed by atoms with Gasteiger partial charge in [-0.15, -0.1) is 0 Å². The Labute approximate surface area is 60.0 Å². The highest BCUT2D eigenvalue weighted by Gasteiger charge is 2.23. The molecule has 1 saturated carbocycles. The van der Waals surface area contributed by atoms with E-state index >= 15 is 0 Å². The molecule has 0 amide bonds. The van der Waals surface area contributed by atoms with Gasteiger partial charge in [-0.25, -0.2) is 8.78 Å². The van der Waals surface area contributed by atoms with E-state index in [0.717, 1.165) is 12.8 Å². The minimum Gasteiger partial charge on any atom is -0.298 e. The van der Waals surface area contributed by atoms with Crippen LogP contribution in [0.3, 0.4) is 0 Å². The molecule has 0 spiro atoms. The minimum absolute atomic E-state index is 0.0648. The summed E-state index contributed by atoms with van der Waals surface area (Å²) in [6.07, 6.45) is 1.23. The first-order valence-corrected chi connectivity index (χ1v) is 3.68. The molecule has 3 heteroatoms. The van der Waals surface area contributed by atoms with Gasteiger partial charge in [-0.1, -0.05) is 6.42 Å². The highest BCUT2D eigenvalue weighted by atomic mass is 19.3. The monoisotopic (exact) mass is 149 g/mol. The van der Waals surface area contributed by atoms with Crippen LogP contribution in [0.4, 0.5) is 8.78 Å². The van der Waals surface area contributed by atoms with E-state index < -0.39 is 6.43 Å². The number of rotatable bonds is 3. The second kappa shape index (κ2) is 3.28. The van der Waals surface area contributed by atoms with Gasteiger partial charge in [0.1, 0.15) is 0 Å². The fourth-order valence-corrected chi connectivity index (χ4v) is 1.19. The lowest BCUT2D eigenvalue weighted by atomic mass is 9.92. The molecule has 60 valence electrons. The lowest BCUT2D eigenvalue weighted by Gasteiger charge is -2.34. The van der Waals surface area contributed by atoms with Crippen LogP contribution in [0.2, 0.25) is 0 Å². The number of alkyl halides is 2. The fraction of sp³-hybridized carbons (Fsp3) is 1.00. The minimum atomic E-state index is -2.18. The molecule has 1 nitrogen and oxygen atoms in total. The average molecular weight is 149 g/mol. The molecule has 0 heterocycles. The molecule has 0 aliphatic heterocycles. The quantitative estimate of drug-likeness (QED) is 0.590. The van der Waals surface area contributed by atoms with Gasteiger partial charge in [0, 0.05) is 6.04 Å². The summed E-state index contributed by atoms with van der Waals surface area (Å²) in [5, 5.41) is 0. The molecule has 0 aromatic rings. The van der Waals surface area contributed by atoms with Crippen molar-refractivity contribution in [3.05, 3.63) is 0 Å². The van der Waals surface area contributed by atoms with Crippen molar-refractivity contribution in [3.8, 4) is 0 Å². The van der Waals surface area contributed by atoms with Crippen LogP contribution in [0, 0.1) is 0 Å². The van der Waals surface area contributed by atoms with Gasteiger partial charge in [0.2, 0.25) is 0 Å². The SMILES string of the molecule is CN(CC(F)F)C1CCC1. The van der Waals surface area contributed by atoms with Crippen LogP contribution in [-0.2, 0) is 0 Å². The topological polar surface area (TPSA) is 3.24 Å². The Bertz CT molecular complexity index is 102. The van der Waals surface area contributed by atoms with Gasteiger partial charge in [-0.2, -0.15) is 0 Å². The van der Waals surface area contributed by atoms with Crippen molar-refractivity contribution >= 4 is 0 Å². The first kappa shape index (κ1) is 7.92. The second-order valence-electron chi connectivity index (χ2n) is 2.92. The molecular weight excluding hydrogens is 136 g/mol. The van der Waals surface area contributed by atoms with Gasteiger partial charge in [-0.05, 0) is 19.9 Å². The molecule has 0 atom stereocenters. The zero-order chi connectivity index (χ0) is 7.56. The number of halogens is 2. The molecule has 0 bridgehead atoms. The summed E-state index contributed by atoms with van der Waals surface area (Å²) < 4.78 is 23.5. The van der Waals surface area contributed by atoms with Crippen molar-refractivity contribution < 1.29 is 8.78 Å². The smallest absolute Gasteiger partial charge is 0.251 e. The van der Waals surface area contributed by atoms with Crippen molar-refractivity contribution in [1.29, 1.82) is 0 Å². The predicted octanol–water partition coefficient (Wildman–Crippen LogP) is 1.74. The Morgan fingerprint density at radius 3 is 2.40 bits per heavy atom. The molecule has 1 aliphatic rings. The van der Waals surface area contributed by atoms with Crippen molar-refractivity contribution in [2.45, 2.75) is 31.7 Å². The van der Waals surface area contributed by atoms with Crippen LogP contribution in [0.15, 0.2) is 0 Å². The van der Waals surface area contributed by atoms with Gasteiger partial charge in [-0.3, -0.25) is 4.90 Å². The molecule has 0 unspecified atom stereocenters. The fourth-order valence-electron chi connectivity index (χ4n) is 1.19. The van der Waals surface area contributed by atoms with E-state index in [-0.39, 0.29) is 6.54 Å². The van der Waals surface area contributed by atoms with Gasteiger partial charge in [0.25, 0.3) is 6.43 Å². The van der Waals surface area contributed by atoms with Gasteiger partial charge >= 0.3 is 0 Å². The number of hydrogen-bond donors (Lipinski definition) is 0. The average Bonchev–Trinajstić information content (AvgIpc) is 1.55. The molecule has 0 aromatic carbocycles. The molecular formula is C7H13F2N. The van der Waals surface area contributed by atoms with E-state index in [0.29, 0.717) is 6.04 Å². The molecule has 1 rings (SSSR count). The highest BCUT2D eigenvalue weighted by molar-refractivity contribution is 4.77. The van der Waals surface area contributed by atoms with Crippen LogP contribution < -0.4 is 0 Å². The maximum absolute atomic E-state index is 11.8. The van der Waals surface area contributed by atoms with E-state index in [1.54, 1.807) is 11.9 Å². The zero-order valence-electron chi connectivity index (χ0n) is 6.19. The van der Waals surface area contributed by atoms with Crippen LogP contribution in [0.5, 0.6) is 0 Å². The molecule has 0 radical (unpaired) electrons. The third kappa shape index (κ3) is 1.90. The Morgan fingerprint density at radius 2 is 2.10 bits per heavy atom. The Kier molecular flexibility index (Phi) is 2.60. The van der Waals surface area contributed by atoms with Crippen molar-refractivity contribution in [2.75, 3.05) is 13.6 Å². The second-order valence-corrected chi connectivity index (χ2v) is 2.92. The van der Waals surface area contributed by atoms with E-state index in [2.05, 4.69) is 0 Å². The van der Waals surface area contributed by atoms with Crippen molar-refractivity contribution in [1.82, 2.24) is 4.90 Å². The first-order valence-electron chi connectivity index (χ1n) is 3.68. The Hall–Kier alpha value is -0.180. The van der Waals surface area contributed by atoms with Crippen LogP contribution in [0.25, 0.3) is 0 Å². The lowest BCUT2D eigenvalue weighted by molar-refractivity contribution is 0.0591. The van der Waals surface area contributed by atoms with Crippen molar-refractivity contribution in [3.63, 3.8) is 0 Å². The Balaban J connectivity index is 2.13. The zero-order valence-corrected chi connectivity index (χ0v) is 6.19. The molecule has 10 heavy (non-hydrogen) atoms. The Morgan fingerprint density at radius 1 is 1.50 bits per heavy atom. The van der Waals surface area contributed by atoms with E-state index in [9.17, 15) is 8.78 Å². The predicted molar refractivity (Wildman–Crippen MR) is 36.3 cm³/mol. The van der Waals surface area contributed by atoms with Gasteiger partial charge in [0.05, 0.1) is 6.54 Å². The van der Waals surface area contributed by atoms with Crippen LogP contribution >= 0.6 is 0 Å². The largest absolute Gasteiger partial charge is 0.298 e. The summed E-state index contributed by atoms with van der Waals surface area (Å²) in [7, 11) is 1.77. The molecule has 0 N–H and O–H groups in total. The molecule has 0 aromatic heterocycles. The van der Waals surface area contributed by atoms with Gasteiger partial charge < -0.3 is 0 Å². The summed E-state index contributed by atoms with van der Waals surface area (Å²) in [6, 6.07) is 0.439. The molecule has 0 saturated heterocycles. The van der Waals surface area contributed by atoms with Crippen molar-refractivity contribution in [2.24, 2.45) is 0 Å². The summed E-state index contributed by atoms with van der Waals surface area (Å²) in [5.41, 5.74) is 0. The normalized spacial score (nSPS) is 20.1. The van der Waals surface area contributed by atoms with Gasteiger partial charge in [0.15, 0.2) is 0 Å². The number of hydrogen-bond acceptors (Lipinski definition) is 1. The standard InChI is InChI=1S/C7H13F2N/c1-10(5-7(8)9)6-3-2-4-6/h6-7H,2-5H2,1H3. The third-order valence-corrected chi connectivity index (χ3v) is 2.12. The summed E-state index contributed by atoms with van der Waals surface area (Å²) >= 11 is 0. The summed E-state index contributed by atoms with van der Waals surface area (Å²) in [5.74, 6) is 0. The third-order valence-electron chi connectivity index (χ3n) is 2.12. The summed E-state index contributed by atoms with van der Waals surface area (Å²) in [6.45, 7) is -0.0648. The highest BCUT2D eigenvalue weighted by Crippen LogP contribution is 2.23. The maximum atomic E-state index is 11.8. The number of nitrogens with zero attached hydrogens (tertiary/aromatic N) is 1.